The first-order chi connectivity index (χ1) is 36.4. The minimum Gasteiger partial charge on any atom is -0.356 e. The first-order valence-electron chi connectivity index (χ1n) is 32.6. The molecule has 438 valence electrons. The van der Waals surface area contributed by atoms with E-state index in [2.05, 4.69) is 64.1 Å². The molecule has 11 heteroatoms. The second-order valence-corrected chi connectivity index (χ2v) is 22.2. The summed E-state index contributed by atoms with van der Waals surface area (Å²) in [4.78, 5) is 56.3. The molecule has 0 aliphatic carbocycles. The Hall–Kier alpha value is -2.24. The highest BCUT2D eigenvalue weighted by Gasteiger charge is 2.15. The molecule has 5 N–H and O–H groups in total. The molecule has 0 aliphatic heterocycles. The molecule has 11 nitrogen and oxygen atoms in total. The number of amides is 4. The summed E-state index contributed by atoms with van der Waals surface area (Å²) in [6.45, 7) is 18.0. The van der Waals surface area contributed by atoms with Crippen molar-refractivity contribution in [2.75, 3.05) is 78.5 Å². The molecule has 0 heterocycles. The van der Waals surface area contributed by atoms with Crippen LogP contribution < -0.4 is 26.6 Å². The maximum absolute atomic E-state index is 13.1. The van der Waals surface area contributed by atoms with Gasteiger partial charge < -0.3 is 36.4 Å². The van der Waals surface area contributed by atoms with E-state index < -0.39 is 0 Å². The first kappa shape index (κ1) is 71.8. The van der Waals surface area contributed by atoms with Crippen LogP contribution in [0.4, 0.5) is 0 Å². The molecule has 0 aliphatic rings. The van der Waals surface area contributed by atoms with E-state index in [0.717, 1.165) is 117 Å². The highest BCUT2D eigenvalue weighted by atomic mass is 16.2. The molecule has 0 aromatic heterocycles. The van der Waals surface area contributed by atoms with Gasteiger partial charge in [0.25, 0.3) is 0 Å². The summed E-state index contributed by atoms with van der Waals surface area (Å²) in [7, 11) is 0. The molecule has 0 unspecified atom stereocenters. The molecule has 0 saturated carbocycles. The Morgan fingerprint density at radius 1 is 0.230 bits per heavy atom. The Balaban J connectivity index is 5.13. The Labute approximate surface area is 459 Å². The van der Waals surface area contributed by atoms with Crippen molar-refractivity contribution in [3.63, 3.8) is 0 Å². The molecule has 0 bridgehead atoms. The van der Waals surface area contributed by atoms with Crippen LogP contribution in [0.3, 0.4) is 0 Å². The van der Waals surface area contributed by atoms with E-state index in [1.165, 1.54) is 193 Å². The SMILES string of the molecule is CCCCCCCCCCCNC(=O)CCCCCNCCN(CCC(=O)NCCCCCCCCCCC)CCN(CCC(=O)NCCCCCCCCCCC)CCC(=O)NCCCCCCCCCCC. The average molecular weight is 1050 g/mol. The van der Waals surface area contributed by atoms with Gasteiger partial charge in [-0.2, -0.15) is 0 Å². The lowest BCUT2D eigenvalue weighted by Crippen LogP contribution is -2.42. The second-order valence-electron chi connectivity index (χ2n) is 22.2. The van der Waals surface area contributed by atoms with Crippen molar-refractivity contribution in [1.29, 1.82) is 0 Å². The van der Waals surface area contributed by atoms with Crippen LogP contribution >= 0.6 is 0 Å². The second kappa shape index (κ2) is 60.0. The van der Waals surface area contributed by atoms with Gasteiger partial charge >= 0.3 is 0 Å². The maximum Gasteiger partial charge on any atom is 0.221 e. The summed E-state index contributed by atoms with van der Waals surface area (Å²) in [5, 5.41) is 16.3. The van der Waals surface area contributed by atoms with Crippen molar-refractivity contribution < 1.29 is 19.2 Å². The van der Waals surface area contributed by atoms with E-state index in [1.54, 1.807) is 0 Å². The smallest absolute Gasteiger partial charge is 0.221 e. The van der Waals surface area contributed by atoms with Crippen molar-refractivity contribution in [2.45, 2.75) is 304 Å². The van der Waals surface area contributed by atoms with Crippen LogP contribution in [0.5, 0.6) is 0 Å². The number of nitrogens with zero attached hydrogens (tertiary/aromatic N) is 2. The van der Waals surface area contributed by atoms with E-state index in [-0.39, 0.29) is 23.6 Å². The van der Waals surface area contributed by atoms with Gasteiger partial charge in [0.15, 0.2) is 0 Å². The minimum absolute atomic E-state index is 0.0868. The number of hydrogen-bond donors (Lipinski definition) is 5. The zero-order chi connectivity index (χ0) is 53.9. The topological polar surface area (TPSA) is 135 Å². The van der Waals surface area contributed by atoms with Gasteiger partial charge in [0, 0.05) is 97.7 Å². The van der Waals surface area contributed by atoms with Gasteiger partial charge in [-0.05, 0) is 45.1 Å². The lowest BCUT2D eigenvalue weighted by molar-refractivity contribution is -0.122. The molecule has 0 fully saturated rings. The molecule has 0 aromatic rings. The molecule has 4 amide bonds. The standard InChI is InChI=1S/C63H127N7O4/c1-5-9-13-17-21-25-29-33-40-49-65-60(71)44-38-37-39-48-64-53-57-70(56-47-63(74)68-52-43-36-32-28-24-20-16-12-8-4)59-58-69(54-45-61(72)66-50-41-34-30-26-22-18-14-10-6-2)55-46-62(73)67-51-42-35-31-27-23-19-15-11-7-3/h64H,5-59H2,1-4H3,(H,65,71)(H,66,72)(H,67,73)(H,68,74). The maximum atomic E-state index is 13.1. The number of carbonyl (C=O) groups excluding carboxylic acids is 4. The fourth-order valence-corrected chi connectivity index (χ4v) is 9.81. The largest absolute Gasteiger partial charge is 0.356 e. The van der Waals surface area contributed by atoms with Crippen molar-refractivity contribution in [3.05, 3.63) is 0 Å². The van der Waals surface area contributed by atoms with Crippen molar-refractivity contribution >= 4 is 23.6 Å². The Kier molecular flexibility index (Phi) is 58.2. The highest BCUT2D eigenvalue weighted by molar-refractivity contribution is 5.77. The van der Waals surface area contributed by atoms with Crippen LogP contribution in [-0.2, 0) is 19.2 Å². The van der Waals surface area contributed by atoms with E-state index in [9.17, 15) is 19.2 Å². The van der Waals surface area contributed by atoms with Crippen molar-refractivity contribution in [1.82, 2.24) is 36.4 Å². The van der Waals surface area contributed by atoms with Gasteiger partial charge in [-0.15, -0.1) is 0 Å². The molecule has 0 aromatic carbocycles. The summed E-state index contributed by atoms with van der Waals surface area (Å²) in [6.07, 6.45) is 50.6. The van der Waals surface area contributed by atoms with Crippen LogP contribution in [0.1, 0.15) is 304 Å². The Morgan fingerprint density at radius 3 is 0.757 bits per heavy atom. The Bertz CT molecular complexity index is 1170. The van der Waals surface area contributed by atoms with E-state index >= 15 is 0 Å². The van der Waals surface area contributed by atoms with Crippen molar-refractivity contribution in [2.24, 2.45) is 0 Å². The van der Waals surface area contributed by atoms with Crippen molar-refractivity contribution in [3.8, 4) is 0 Å². The fraction of sp³-hybridized carbons (Fsp3) is 0.937. The predicted octanol–water partition coefficient (Wildman–Crippen LogP) is 14.5. The fourth-order valence-electron chi connectivity index (χ4n) is 9.81. The van der Waals surface area contributed by atoms with E-state index in [4.69, 9.17) is 0 Å². The summed E-state index contributed by atoms with van der Waals surface area (Å²) in [6, 6.07) is 0. The van der Waals surface area contributed by atoms with E-state index in [0.29, 0.717) is 45.3 Å². The van der Waals surface area contributed by atoms with Gasteiger partial charge in [-0.3, -0.25) is 19.2 Å². The monoisotopic (exact) mass is 1050 g/mol. The molecular formula is C63H127N7O4. The van der Waals surface area contributed by atoms with Gasteiger partial charge in [-0.1, -0.05) is 240 Å². The van der Waals surface area contributed by atoms with Gasteiger partial charge in [0.2, 0.25) is 23.6 Å². The number of hydrogen-bond acceptors (Lipinski definition) is 7. The number of unbranched alkanes of at least 4 members (excludes halogenated alkanes) is 34. The third-order valence-electron chi connectivity index (χ3n) is 15.0. The summed E-state index contributed by atoms with van der Waals surface area (Å²) in [5.41, 5.74) is 0. The van der Waals surface area contributed by atoms with Crippen LogP contribution in [0.25, 0.3) is 0 Å². The van der Waals surface area contributed by atoms with Crippen LogP contribution in [0.2, 0.25) is 0 Å². The highest BCUT2D eigenvalue weighted by Crippen LogP contribution is 2.13. The van der Waals surface area contributed by atoms with Gasteiger partial charge in [0.1, 0.15) is 0 Å². The van der Waals surface area contributed by atoms with Crippen LogP contribution in [0, 0.1) is 0 Å². The van der Waals surface area contributed by atoms with E-state index in [1.807, 2.05) is 0 Å². The lowest BCUT2D eigenvalue weighted by atomic mass is 10.1. The quantitative estimate of drug-likeness (QED) is 0.0383. The predicted molar refractivity (Wildman–Crippen MR) is 319 cm³/mol. The summed E-state index contributed by atoms with van der Waals surface area (Å²) >= 11 is 0. The lowest BCUT2D eigenvalue weighted by Gasteiger charge is -2.28. The normalized spacial score (nSPS) is 11.5. The zero-order valence-electron chi connectivity index (χ0n) is 49.9. The zero-order valence-corrected chi connectivity index (χ0v) is 49.9. The molecule has 0 radical (unpaired) electrons. The molecule has 74 heavy (non-hydrogen) atoms. The summed E-state index contributed by atoms with van der Waals surface area (Å²) in [5.74, 6) is 0.473. The number of carbonyl (C=O) groups is 4. The number of nitrogens with one attached hydrogen (secondary N) is 5. The average Bonchev–Trinajstić information content (AvgIpc) is 3.40. The molecule has 0 spiro atoms. The van der Waals surface area contributed by atoms with Gasteiger partial charge in [0.05, 0.1) is 0 Å². The molecular weight excluding hydrogens is 919 g/mol. The minimum atomic E-state index is 0.0868. The van der Waals surface area contributed by atoms with Crippen LogP contribution in [0.15, 0.2) is 0 Å². The van der Waals surface area contributed by atoms with Crippen LogP contribution in [-0.4, -0.2) is 112 Å². The first-order valence-corrected chi connectivity index (χ1v) is 32.6. The molecule has 0 atom stereocenters. The van der Waals surface area contributed by atoms with Gasteiger partial charge in [-0.25, -0.2) is 0 Å². The molecule has 0 rings (SSSR count). The third kappa shape index (κ3) is 56.0. The third-order valence-corrected chi connectivity index (χ3v) is 15.0. The number of rotatable bonds is 61. The Morgan fingerprint density at radius 2 is 0.459 bits per heavy atom. The summed E-state index contributed by atoms with van der Waals surface area (Å²) < 4.78 is 0. The molecule has 0 saturated heterocycles.